The maximum atomic E-state index is 12.0. The minimum Gasteiger partial charge on any atom is -0.504 e. The Hall–Kier alpha value is -3.68. The molecule has 0 heterocycles. The van der Waals surface area contributed by atoms with Crippen LogP contribution in [-0.2, 0) is 20.7 Å². The Morgan fingerprint density at radius 3 is 2.32 bits per heavy atom. The van der Waals surface area contributed by atoms with Gasteiger partial charge in [-0.3, -0.25) is 0 Å². The number of methoxy groups -OCH3 is 2. The molecule has 2 aromatic carbocycles. The lowest BCUT2D eigenvalue weighted by Crippen LogP contribution is -2.28. The predicted octanol–water partition coefficient (Wildman–Crippen LogP) is 2.37. The van der Waals surface area contributed by atoms with Crippen LogP contribution in [0.3, 0.4) is 0 Å². The molecule has 0 amide bonds. The summed E-state index contributed by atoms with van der Waals surface area (Å²) in [5.74, 6) is -1.88. The molecule has 0 spiro atoms. The number of benzene rings is 2. The first-order chi connectivity index (χ1) is 13.3. The number of phenolic OH excluding ortho intramolecular Hbond substituents is 2. The zero-order valence-electron chi connectivity index (χ0n) is 15.3. The Labute approximate surface area is 161 Å². The summed E-state index contributed by atoms with van der Waals surface area (Å²) in [6, 6.07) is 8.87. The first-order valence-corrected chi connectivity index (χ1v) is 8.18. The fourth-order valence-corrected chi connectivity index (χ4v) is 2.39. The monoisotopic (exact) mass is 388 g/mol. The Morgan fingerprint density at radius 2 is 1.71 bits per heavy atom. The number of carbonyl (C=O) groups is 2. The largest absolute Gasteiger partial charge is 0.504 e. The van der Waals surface area contributed by atoms with E-state index in [0.717, 1.165) is 6.08 Å². The van der Waals surface area contributed by atoms with Crippen LogP contribution in [0.15, 0.2) is 42.5 Å². The van der Waals surface area contributed by atoms with Crippen molar-refractivity contribution in [2.75, 3.05) is 14.2 Å². The molecule has 8 heteroatoms. The van der Waals surface area contributed by atoms with Crippen molar-refractivity contribution in [2.45, 2.75) is 12.5 Å². The molecule has 0 aliphatic rings. The van der Waals surface area contributed by atoms with Crippen LogP contribution in [0.1, 0.15) is 11.1 Å². The second-order valence-electron chi connectivity index (χ2n) is 5.74. The maximum Gasteiger partial charge on any atom is 0.345 e. The third-order valence-electron chi connectivity index (χ3n) is 3.81. The van der Waals surface area contributed by atoms with Crippen molar-refractivity contribution in [3.05, 3.63) is 53.6 Å². The molecule has 0 aliphatic heterocycles. The summed E-state index contributed by atoms with van der Waals surface area (Å²) in [6.45, 7) is 0. The van der Waals surface area contributed by atoms with Crippen LogP contribution < -0.4 is 9.47 Å². The number of ether oxygens (including phenoxy) is 3. The number of carboxylic acid groups (broad SMARTS) is 1. The molecule has 0 aromatic heterocycles. The normalized spacial score (nSPS) is 11.8. The number of esters is 1. The smallest absolute Gasteiger partial charge is 0.345 e. The summed E-state index contributed by atoms with van der Waals surface area (Å²) in [7, 11) is 2.99. The lowest BCUT2D eigenvalue weighted by atomic mass is 10.1. The molecule has 2 aromatic rings. The average Bonchev–Trinajstić information content (AvgIpc) is 2.68. The summed E-state index contributed by atoms with van der Waals surface area (Å²) in [4.78, 5) is 23.4. The highest BCUT2D eigenvalue weighted by atomic mass is 16.6. The van der Waals surface area contributed by atoms with E-state index in [9.17, 15) is 24.9 Å². The highest BCUT2D eigenvalue weighted by Crippen LogP contribution is 2.28. The van der Waals surface area contributed by atoms with E-state index in [1.54, 1.807) is 18.2 Å². The molecule has 0 radical (unpaired) electrons. The quantitative estimate of drug-likeness (QED) is 0.358. The van der Waals surface area contributed by atoms with Gasteiger partial charge in [0.05, 0.1) is 14.2 Å². The number of hydrogen-bond acceptors (Lipinski definition) is 7. The van der Waals surface area contributed by atoms with Crippen LogP contribution in [0.4, 0.5) is 0 Å². The van der Waals surface area contributed by atoms with Crippen LogP contribution in [-0.4, -0.2) is 47.6 Å². The van der Waals surface area contributed by atoms with Gasteiger partial charge in [-0.15, -0.1) is 0 Å². The van der Waals surface area contributed by atoms with E-state index in [1.807, 2.05) is 0 Å². The number of carboxylic acids is 1. The number of hydrogen-bond donors (Lipinski definition) is 3. The van der Waals surface area contributed by atoms with E-state index < -0.39 is 18.0 Å². The van der Waals surface area contributed by atoms with E-state index in [0.29, 0.717) is 22.6 Å². The number of aromatic hydroxyl groups is 2. The summed E-state index contributed by atoms with van der Waals surface area (Å²) >= 11 is 0. The zero-order valence-corrected chi connectivity index (χ0v) is 15.3. The van der Waals surface area contributed by atoms with E-state index in [1.165, 1.54) is 38.5 Å². The van der Waals surface area contributed by atoms with Gasteiger partial charge < -0.3 is 29.5 Å². The topological polar surface area (TPSA) is 123 Å². The molecule has 28 heavy (non-hydrogen) atoms. The minimum atomic E-state index is -1.45. The van der Waals surface area contributed by atoms with E-state index in [2.05, 4.69) is 0 Å². The number of aliphatic carboxylic acids is 1. The molecule has 2 rings (SSSR count). The van der Waals surface area contributed by atoms with Crippen molar-refractivity contribution in [2.24, 2.45) is 0 Å². The molecule has 1 atom stereocenters. The average molecular weight is 388 g/mol. The first-order valence-electron chi connectivity index (χ1n) is 8.18. The van der Waals surface area contributed by atoms with Gasteiger partial charge in [-0.25, -0.2) is 9.59 Å². The summed E-state index contributed by atoms with van der Waals surface area (Å²) in [6.07, 6.45) is 0.937. The predicted molar refractivity (Wildman–Crippen MR) is 99.6 cm³/mol. The molecule has 3 N–H and O–H groups in total. The van der Waals surface area contributed by atoms with Crippen molar-refractivity contribution in [1.82, 2.24) is 0 Å². The lowest BCUT2D eigenvalue weighted by molar-refractivity contribution is -0.160. The molecule has 0 bridgehead atoms. The van der Waals surface area contributed by atoms with E-state index in [4.69, 9.17) is 14.2 Å². The van der Waals surface area contributed by atoms with Gasteiger partial charge in [0, 0.05) is 12.5 Å². The van der Waals surface area contributed by atoms with Crippen LogP contribution in [0, 0.1) is 0 Å². The molecule has 1 unspecified atom stereocenters. The molecular weight excluding hydrogens is 368 g/mol. The van der Waals surface area contributed by atoms with Crippen molar-refractivity contribution in [1.29, 1.82) is 0 Å². The third kappa shape index (κ3) is 5.41. The fraction of sp³-hybridized carbons (Fsp3) is 0.200. The number of phenols is 2. The Kier molecular flexibility index (Phi) is 6.86. The van der Waals surface area contributed by atoms with Gasteiger partial charge in [0.2, 0.25) is 6.10 Å². The standard InChI is InChI=1S/C20H20O8/c1-26-16-7-4-12(10-17(16)27-2)5-8-19(23)28-18(20(24)25)11-13-3-6-14(21)15(22)9-13/h3-10,18,21-22H,11H2,1-2H3,(H,24,25). The van der Waals surface area contributed by atoms with Crippen molar-refractivity contribution in [3.8, 4) is 23.0 Å². The molecule has 8 nitrogen and oxygen atoms in total. The third-order valence-corrected chi connectivity index (χ3v) is 3.81. The van der Waals surface area contributed by atoms with Crippen LogP contribution >= 0.6 is 0 Å². The SMILES string of the molecule is COc1ccc(C=CC(=O)OC(Cc2ccc(O)c(O)c2)C(=O)O)cc1OC. The first kappa shape index (κ1) is 20.6. The minimum absolute atomic E-state index is 0.168. The molecule has 0 aliphatic carbocycles. The van der Waals surface area contributed by atoms with Gasteiger partial charge in [0.15, 0.2) is 23.0 Å². The lowest BCUT2D eigenvalue weighted by Gasteiger charge is -2.13. The summed E-state index contributed by atoms with van der Waals surface area (Å²) in [5, 5.41) is 28.1. The molecular formula is C20H20O8. The van der Waals surface area contributed by atoms with Gasteiger partial charge >= 0.3 is 11.9 Å². The van der Waals surface area contributed by atoms with Crippen molar-refractivity contribution in [3.63, 3.8) is 0 Å². The van der Waals surface area contributed by atoms with Gasteiger partial charge in [-0.2, -0.15) is 0 Å². The van der Waals surface area contributed by atoms with Crippen LogP contribution in [0.25, 0.3) is 6.08 Å². The molecule has 0 saturated carbocycles. The highest BCUT2D eigenvalue weighted by molar-refractivity contribution is 5.89. The van der Waals surface area contributed by atoms with Crippen LogP contribution in [0.2, 0.25) is 0 Å². The van der Waals surface area contributed by atoms with Gasteiger partial charge in [-0.05, 0) is 41.5 Å². The van der Waals surface area contributed by atoms with Crippen LogP contribution in [0.5, 0.6) is 23.0 Å². The Morgan fingerprint density at radius 1 is 1.00 bits per heavy atom. The zero-order chi connectivity index (χ0) is 20.7. The van der Waals surface area contributed by atoms with Gasteiger partial charge in [-0.1, -0.05) is 12.1 Å². The number of rotatable bonds is 8. The molecule has 0 fully saturated rings. The number of carbonyl (C=O) groups excluding carboxylic acids is 1. The highest BCUT2D eigenvalue weighted by Gasteiger charge is 2.22. The van der Waals surface area contributed by atoms with E-state index >= 15 is 0 Å². The maximum absolute atomic E-state index is 12.0. The van der Waals surface area contributed by atoms with Crippen molar-refractivity contribution >= 4 is 18.0 Å². The Balaban J connectivity index is 2.06. The fourth-order valence-electron chi connectivity index (χ4n) is 2.39. The molecule has 0 saturated heterocycles. The van der Waals surface area contributed by atoms with Crippen molar-refractivity contribution < 1.29 is 39.1 Å². The molecule has 148 valence electrons. The summed E-state index contributed by atoms with van der Waals surface area (Å²) < 4.78 is 15.3. The van der Waals surface area contributed by atoms with Gasteiger partial charge in [0.25, 0.3) is 0 Å². The van der Waals surface area contributed by atoms with E-state index in [-0.39, 0.29) is 17.9 Å². The second-order valence-corrected chi connectivity index (χ2v) is 5.74. The Bertz CT molecular complexity index is 888. The summed E-state index contributed by atoms with van der Waals surface area (Å²) in [5.41, 5.74) is 1.02. The van der Waals surface area contributed by atoms with Gasteiger partial charge in [0.1, 0.15) is 0 Å². The second kappa shape index (κ2) is 9.31.